The molecule has 0 atom stereocenters. The number of hydrogen-bond donors (Lipinski definition) is 1. The summed E-state index contributed by atoms with van der Waals surface area (Å²) in [4.78, 5) is 23.7. The molecule has 27 heavy (non-hydrogen) atoms. The Morgan fingerprint density at radius 2 is 1.85 bits per heavy atom. The molecule has 1 aromatic carbocycles. The van der Waals surface area contributed by atoms with Crippen LogP contribution >= 0.6 is 11.6 Å². The fourth-order valence-electron chi connectivity index (χ4n) is 3.63. The Morgan fingerprint density at radius 1 is 1.15 bits per heavy atom. The van der Waals surface area contributed by atoms with Crippen LogP contribution in [0.15, 0.2) is 30.3 Å². The second-order valence-corrected chi connectivity index (χ2v) is 7.76. The van der Waals surface area contributed by atoms with Crippen molar-refractivity contribution in [1.82, 2.24) is 15.3 Å². The number of nitrogens with one attached hydrogen (secondary N) is 1. The van der Waals surface area contributed by atoms with Crippen LogP contribution < -0.4 is 10.2 Å². The van der Waals surface area contributed by atoms with Gasteiger partial charge in [-0.2, -0.15) is 0 Å². The minimum Gasteiger partial charge on any atom is -0.356 e. The SMILES string of the molecule is CCc1c(Cl)nc(-c2ccccc2)nc1N1CCC(NC(=O)C2CC2)CC1. The first-order chi connectivity index (χ1) is 13.2. The highest BCUT2D eigenvalue weighted by molar-refractivity contribution is 6.30. The summed E-state index contributed by atoms with van der Waals surface area (Å²) in [5.41, 5.74) is 1.96. The third-order valence-corrected chi connectivity index (χ3v) is 5.72. The van der Waals surface area contributed by atoms with E-state index in [1.54, 1.807) is 0 Å². The fraction of sp³-hybridized carbons (Fsp3) is 0.476. The maximum atomic E-state index is 12.0. The summed E-state index contributed by atoms with van der Waals surface area (Å²) < 4.78 is 0. The van der Waals surface area contributed by atoms with Gasteiger partial charge in [-0.05, 0) is 32.1 Å². The molecular weight excluding hydrogens is 360 g/mol. The van der Waals surface area contributed by atoms with E-state index in [1.165, 1.54) is 0 Å². The first-order valence-electron chi connectivity index (χ1n) is 9.83. The van der Waals surface area contributed by atoms with Crippen molar-refractivity contribution >= 4 is 23.3 Å². The Balaban J connectivity index is 1.52. The molecule has 1 N–H and O–H groups in total. The van der Waals surface area contributed by atoms with Gasteiger partial charge >= 0.3 is 0 Å². The lowest BCUT2D eigenvalue weighted by atomic mass is 10.0. The first-order valence-corrected chi connectivity index (χ1v) is 10.2. The number of carbonyl (C=O) groups is 1. The Kier molecular flexibility index (Phi) is 5.30. The average Bonchev–Trinajstić information content (AvgIpc) is 3.54. The monoisotopic (exact) mass is 384 g/mol. The lowest BCUT2D eigenvalue weighted by Crippen LogP contribution is -2.45. The molecule has 4 rings (SSSR count). The van der Waals surface area contributed by atoms with E-state index in [0.29, 0.717) is 11.0 Å². The number of nitrogens with zero attached hydrogens (tertiary/aromatic N) is 3. The molecule has 0 spiro atoms. The minimum atomic E-state index is 0.235. The van der Waals surface area contributed by atoms with Gasteiger partial charge in [-0.1, -0.05) is 48.9 Å². The van der Waals surface area contributed by atoms with E-state index in [-0.39, 0.29) is 17.9 Å². The summed E-state index contributed by atoms with van der Waals surface area (Å²) in [5.74, 6) is 2.10. The van der Waals surface area contributed by atoms with Gasteiger partial charge in [0.15, 0.2) is 5.82 Å². The van der Waals surface area contributed by atoms with Crippen molar-refractivity contribution in [3.05, 3.63) is 41.0 Å². The van der Waals surface area contributed by atoms with Crippen molar-refractivity contribution < 1.29 is 4.79 Å². The van der Waals surface area contributed by atoms with Gasteiger partial charge in [-0.25, -0.2) is 9.97 Å². The van der Waals surface area contributed by atoms with Crippen molar-refractivity contribution in [3.63, 3.8) is 0 Å². The van der Waals surface area contributed by atoms with Crippen LogP contribution in [0.25, 0.3) is 11.4 Å². The zero-order valence-electron chi connectivity index (χ0n) is 15.6. The molecule has 0 unspecified atom stereocenters. The molecular formula is C21H25ClN4O. The molecule has 0 radical (unpaired) electrons. The molecule has 0 bridgehead atoms. The molecule has 2 aromatic rings. The van der Waals surface area contributed by atoms with Gasteiger partial charge < -0.3 is 10.2 Å². The fourth-order valence-corrected chi connectivity index (χ4v) is 3.93. The van der Waals surface area contributed by atoms with Crippen LogP contribution in [0.4, 0.5) is 5.82 Å². The second-order valence-electron chi connectivity index (χ2n) is 7.40. The summed E-state index contributed by atoms with van der Waals surface area (Å²) in [6, 6.07) is 10.2. The van der Waals surface area contributed by atoms with Crippen LogP contribution in [0.1, 0.15) is 38.2 Å². The first kappa shape index (κ1) is 18.2. The number of anilines is 1. The lowest BCUT2D eigenvalue weighted by molar-refractivity contribution is -0.123. The van der Waals surface area contributed by atoms with E-state index in [4.69, 9.17) is 16.6 Å². The van der Waals surface area contributed by atoms with E-state index in [9.17, 15) is 4.79 Å². The van der Waals surface area contributed by atoms with Gasteiger partial charge in [0.25, 0.3) is 0 Å². The zero-order chi connectivity index (χ0) is 18.8. The maximum Gasteiger partial charge on any atom is 0.223 e. The van der Waals surface area contributed by atoms with Crippen molar-refractivity contribution in [2.75, 3.05) is 18.0 Å². The number of benzene rings is 1. The number of carbonyl (C=O) groups excluding carboxylic acids is 1. The third kappa shape index (κ3) is 4.08. The van der Waals surface area contributed by atoms with Gasteiger partial charge in [0, 0.05) is 36.2 Å². The number of piperidine rings is 1. The Morgan fingerprint density at radius 3 is 2.48 bits per heavy atom. The molecule has 1 aliphatic heterocycles. The smallest absolute Gasteiger partial charge is 0.223 e. The highest BCUT2D eigenvalue weighted by Crippen LogP contribution is 2.31. The summed E-state index contributed by atoms with van der Waals surface area (Å²) >= 11 is 6.51. The van der Waals surface area contributed by atoms with E-state index < -0.39 is 0 Å². The van der Waals surface area contributed by atoms with Gasteiger partial charge in [0.2, 0.25) is 5.91 Å². The Bertz CT molecular complexity index is 814. The lowest BCUT2D eigenvalue weighted by Gasteiger charge is -2.34. The quantitative estimate of drug-likeness (QED) is 0.795. The van der Waals surface area contributed by atoms with E-state index in [0.717, 1.165) is 62.1 Å². The second kappa shape index (κ2) is 7.85. The predicted octanol–water partition coefficient (Wildman–Crippen LogP) is 3.85. The van der Waals surface area contributed by atoms with E-state index in [1.807, 2.05) is 30.3 Å². The van der Waals surface area contributed by atoms with Crippen LogP contribution in [0.5, 0.6) is 0 Å². The Hall–Kier alpha value is -2.14. The molecule has 2 fully saturated rings. The standard InChI is InChI=1S/C21H25ClN4O/c1-2-17-18(22)24-19(14-6-4-3-5-7-14)25-20(17)26-12-10-16(11-13-26)23-21(27)15-8-9-15/h3-7,15-16H,2,8-13H2,1H3,(H,23,27). The van der Waals surface area contributed by atoms with Gasteiger partial charge in [-0.3, -0.25) is 4.79 Å². The maximum absolute atomic E-state index is 12.0. The van der Waals surface area contributed by atoms with Crippen LogP contribution in [0, 0.1) is 5.92 Å². The van der Waals surface area contributed by atoms with Gasteiger partial charge in [-0.15, -0.1) is 0 Å². The van der Waals surface area contributed by atoms with Crippen molar-refractivity contribution in [1.29, 1.82) is 0 Å². The van der Waals surface area contributed by atoms with Crippen molar-refractivity contribution in [2.45, 2.75) is 45.1 Å². The topological polar surface area (TPSA) is 58.1 Å². The summed E-state index contributed by atoms with van der Waals surface area (Å²) in [5, 5.41) is 3.74. The summed E-state index contributed by atoms with van der Waals surface area (Å²) in [7, 11) is 0. The summed E-state index contributed by atoms with van der Waals surface area (Å²) in [6.45, 7) is 3.81. The molecule has 5 nitrogen and oxygen atoms in total. The molecule has 1 aliphatic carbocycles. The molecule has 1 saturated carbocycles. The highest BCUT2D eigenvalue weighted by Gasteiger charge is 2.32. The van der Waals surface area contributed by atoms with Gasteiger partial charge in [0.1, 0.15) is 11.0 Å². The van der Waals surface area contributed by atoms with Crippen molar-refractivity contribution in [2.24, 2.45) is 5.92 Å². The predicted molar refractivity (Wildman–Crippen MR) is 108 cm³/mol. The van der Waals surface area contributed by atoms with Crippen molar-refractivity contribution in [3.8, 4) is 11.4 Å². The number of hydrogen-bond acceptors (Lipinski definition) is 4. The Labute approximate surface area is 165 Å². The molecule has 2 heterocycles. The average molecular weight is 385 g/mol. The highest BCUT2D eigenvalue weighted by atomic mass is 35.5. The minimum absolute atomic E-state index is 0.235. The molecule has 2 aliphatic rings. The molecule has 1 aromatic heterocycles. The molecule has 1 saturated heterocycles. The normalized spacial score (nSPS) is 17.8. The molecule has 6 heteroatoms. The van der Waals surface area contributed by atoms with Crippen LogP contribution in [-0.2, 0) is 11.2 Å². The van der Waals surface area contributed by atoms with Crippen LogP contribution in [0.3, 0.4) is 0 Å². The number of amides is 1. The molecule has 1 amide bonds. The number of halogens is 1. The molecule has 142 valence electrons. The number of rotatable bonds is 5. The number of aromatic nitrogens is 2. The van der Waals surface area contributed by atoms with Gasteiger partial charge in [0.05, 0.1) is 0 Å². The van der Waals surface area contributed by atoms with Crippen LogP contribution in [-0.4, -0.2) is 35.0 Å². The third-order valence-electron chi connectivity index (χ3n) is 5.41. The largest absolute Gasteiger partial charge is 0.356 e. The zero-order valence-corrected chi connectivity index (χ0v) is 16.4. The summed E-state index contributed by atoms with van der Waals surface area (Å²) in [6.07, 6.45) is 4.76. The van der Waals surface area contributed by atoms with E-state index >= 15 is 0 Å². The van der Waals surface area contributed by atoms with Crippen LogP contribution in [0.2, 0.25) is 5.15 Å². The van der Waals surface area contributed by atoms with E-state index in [2.05, 4.69) is 22.1 Å².